The summed E-state index contributed by atoms with van der Waals surface area (Å²) in [5.41, 5.74) is 1.43. The number of fused-ring (bicyclic) bond motifs is 1. The molecule has 0 aromatic carbocycles. The lowest BCUT2D eigenvalue weighted by Crippen LogP contribution is -2.30. The van der Waals surface area contributed by atoms with Crippen molar-refractivity contribution in [1.82, 2.24) is 4.90 Å². The number of rotatable bonds is 4. The standard InChI is InChI=1S/C16H20N2O5S/c1-3-18-5-4-10-12(8-18)24-15(13(10)16(20)21-2)17-14(19)11-9-22-6-7-23-11/h9H,3-8H2,1-2H3,(H,17,19). The third-order valence-corrected chi connectivity index (χ3v) is 5.20. The first kappa shape index (κ1) is 16.8. The largest absolute Gasteiger partial charge is 0.494 e. The Morgan fingerprint density at radius 2 is 2.25 bits per heavy atom. The van der Waals surface area contributed by atoms with Gasteiger partial charge in [-0.05, 0) is 18.5 Å². The van der Waals surface area contributed by atoms with Gasteiger partial charge in [-0.1, -0.05) is 6.92 Å². The van der Waals surface area contributed by atoms with Crippen LogP contribution >= 0.6 is 11.3 Å². The number of amides is 1. The lowest BCUT2D eigenvalue weighted by molar-refractivity contribution is -0.117. The number of likely N-dealkylation sites (N-methyl/N-ethyl adjacent to an activating group) is 1. The van der Waals surface area contributed by atoms with Crippen LogP contribution in [0, 0.1) is 0 Å². The second kappa shape index (κ2) is 7.23. The molecular weight excluding hydrogens is 332 g/mol. The maximum absolute atomic E-state index is 12.3. The fraction of sp³-hybridized carbons (Fsp3) is 0.500. The molecule has 0 bridgehead atoms. The minimum atomic E-state index is -0.428. The molecule has 130 valence electrons. The summed E-state index contributed by atoms with van der Waals surface area (Å²) in [6, 6.07) is 0. The third kappa shape index (κ3) is 3.25. The van der Waals surface area contributed by atoms with Crippen LogP contribution < -0.4 is 5.32 Å². The predicted octanol–water partition coefficient (Wildman–Crippen LogP) is 1.74. The van der Waals surface area contributed by atoms with Gasteiger partial charge in [0.15, 0.2) is 0 Å². The fourth-order valence-electron chi connectivity index (χ4n) is 2.78. The minimum absolute atomic E-state index is 0.110. The number of anilines is 1. The number of nitrogens with zero attached hydrogens (tertiary/aromatic N) is 1. The van der Waals surface area contributed by atoms with Crippen LogP contribution in [0.1, 0.15) is 27.7 Å². The number of hydrogen-bond acceptors (Lipinski definition) is 7. The molecule has 24 heavy (non-hydrogen) atoms. The molecule has 0 fully saturated rings. The summed E-state index contributed by atoms with van der Waals surface area (Å²) in [5.74, 6) is -0.744. The number of thiophene rings is 1. The Hall–Kier alpha value is -2.06. The van der Waals surface area contributed by atoms with E-state index in [1.54, 1.807) is 0 Å². The Labute approximate surface area is 144 Å². The topological polar surface area (TPSA) is 77.1 Å². The lowest BCUT2D eigenvalue weighted by Gasteiger charge is -2.25. The Morgan fingerprint density at radius 1 is 1.42 bits per heavy atom. The summed E-state index contributed by atoms with van der Waals surface area (Å²) in [6.07, 6.45) is 2.06. The quantitative estimate of drug-likeness (QED) is 0.832. The van der Waals surface area contributed by atoms with Crippen molar-refractivity contribution in [3.8, 4) is 0 Å². The van der Waals surface area contributed by atoms with Gasteiger partial charge in [0.05, 0.1) is 12.7 Å². The zero-order chi connectivity index (χ0) is 17.1. The summed E-state index contributed by atoms with van der Waals surface area (Å²) in [6.45, 7) is 5.47. The SMILES string of the molecule is CCN1CCc2c(sc(NC(=O)C3=COCCO3)c2C(=O)OC)C1. The number of methoxy groups -OCH3 is 1. The van der Waals surface area contributed by atoms with Gasteiger partial charge in [-0.2, -0.15) is 0 Å². The molecule has 0 aliphatic carbocycles. The van der Waals surface area contributed by atoms with E-state index in [4.69, 9.17) is 14.2 Å². The molecule has 7 nitrogen and oxygen atoms in total. The van der Waals surface area contributed by atoms with Gasteiger partial charge in [0, 0.05) is 18.0 Å². The molecule has 3 rings (SSSR count). The van der Waals surface area contributed by atoms with Crippen molar-refractivity contribution in [3.63, 3.8) is 0 Å². The van der Waals surface area contributed by atoms with Gasteiger partial charge in [-0.15, -0.1) is 11.3 Å². The summed E-state index contributed by atoms with van der Waals surface area (Å²) in [5, 5.41) is 3.28. The van der Waals surface area contributed by atoms with E-state index in [1.165, 1.54) is 24.7 Å². The molecule has 3 heterocycles. The Balaban J connectivity index is 1.89. The first-order chi connectivity index (χ1) is 11.6. The first-order valence-corrected chi connectivity index (χ1v) is 8.66. The van der Waals surface area contributed by atoms with E-state index >= 15 is 0 Å². The Morgan fingerprint density at radius 3 is 2.92 bits per heavy atom. The van der Waals surface area contributed by atoms with Gasteiger partial charge >= 0.3 is 5.97 Å². The molecule has 2 aliphatic heterocycles. The van der Waals surface area contributed by atoms with E-state index in [9.17, 15) is 9.59 Å². The molecule has 0 saturated heterocycles. The molecule has 0 atom stereocenters. The second-order valence-corrected chi connectivity index (χ2v) is 6.58. The van der Waals surface area contributed by atoms with Gasteiger partial charge in [0.1, 0.15) is 24.5 Å². The summed E-state index contributed by atoms with van der Waals surface area (Å²) in [4.78, 5) is 27.9. The monoisotopic (exact) mass is 352 g/mol. The van der Waals surface area contributed by atoms with Crippen LogP contribution in [0.2, 0.25) is 0 Å². The van der Waals surface area contributed by atoms with Gasteiger partial charge < -0.3 is 19.5 Å². The predicted molar refractivity (Wildman–Crippen MR) is 88.9 cm³/mol. The van der Waals surface area contributed by atoms with Crippen molar-refractivity contribution >= 4 is 28.2 Å². The molecule has 0 spiro atoms. The normalized spacial score (nSPS) is 17.2. The highest BCUT2D eigenvalue weighted by Gasteiger charge is 2.29. The van der Waals surface area contributed by atoms with Gasteiger partial charge in [0.25, 0.3) is 5.91 Å². The second-order valence-electron chi connectivity index (χ2n) is 5.47. The maximum atomic E-state index is 12.3. The number of nitrogens with one attached hydrogen (secondary N) is 1. The summed E-state index contributed by atoms with van der Waals surface area (Å²) < 4.78 is 15.3. The van der Waals surface area contributed by atoms with Crippen LogP contribution in [-0.2, 0) is 32.0 Å². The van der Waals surface area contributed by atoms with E-state index in [0.29, 0.717) is 23.8 Å². The van der Waals surface area contributed by atoms with Crippen molar-refractivity contribution < 1.29 is 23.8 Å². The van der Waals surface area contributed by atoms with Gasteiger partial charge in [-0.25, -0.2) is 4.79 Å². The fourth-order valence-corrected chi connectivity index (χ4v) is 4.06. The molecule has 1 aromatic rings. The average Bonchev–Trinajstić information content (AvgIpc) is 2.98. The molecule has 2 aliphatic rings. The van der Waals surface area contributed by atoms with Crippen LogP contribution in [0.3, 0.4) is 0 Å². The van der Waals surface area contributed by atoms with Crippen LogP contribution in [-0.4, -0.2) is 50.2 Å². The molecule has 0 radical (unpaired) electrons. The van der Waals surface area contributed by atoms with Crippen molar-refractivity contribution in [2.75, 3.05) is 38.7 Å². The number of hydrogen-bond donors (Lipinski definition) is 1. The molecule has 0 unspecified atom stereocenters. The number of carbonyl (C=O) groups excluding carboxylic acids is 2. The highest BCUT2D eigenvalue weighted by molar-refractivity contribution is 7.17. The van der Waals surface area contributed by atoms with Gasteiger partial charge in [-0.3, -0.25) is 9.69 Å². The molecule has 1 N–H and O–H groups in total. The van der Waals surface area contributed by atoms with E-state index in [2.05, 4.69) is 17.1 Å². The number of carbonyl (C=O) groups is 2. The molecular formula is C16H20N2O5S. The summed E-state index contributed by atoms with van der Waals surface area (Å²) in [7, 11) is 1.35. The molecule has 1 amide bonds. The highest BCUT2D eigenvalue weighted by Crippen LogP contribution is 2.37. The lowest BCUT2D eigenvalue weighted by atomic mass is 10.0. The molecule has 0 saturated carbocycles. The average molecular weight is 352 g/mol. The van der Waals surface area contributed by atoms with E-state index < -0.39 is 11.9 Å². The van der Waals surface area contributed by atoms with Gasteiger partial charge in [0.2, 0.25) is 5.76 Å². The van der Waals surface area contributed by atoms with Crippen molar-refractivity contribution in [1.29, 1.82) is 0 Å². The van der Waals surface area contributed by atoms with E-state index in [1.807, 2.05) is 0 Å². The smallest absolute Gasteiger partial charge is 0.341 e. The van der Waals surface area contributed by atoms with Crippen molar-refractivity contribution in [2.45, 2.75) is 19.9 Å². The van der Waals surface area contributed by atoms with Crippen molar-refractivity contribution in [3.05, 3.63) is 28.0 Å². The van der Waals surface area contributed by atoms with Crippen LogP contribution in [0.4, 0.5) is 5.00 Å². The first-order valence-electron chi connectivity index (χ1n) is 7.85. The van der Waals surface area contributed by atoms with Crippen LogP contribution in [0.25, 0.3) is 0 Å². The minimum Gasteiger partial charge on any atom is -0.494 e. The van der Waals surface area contributed by atoms with Crippen LogP contribution in [0.15, 0.2) is 12.0 Å². The molecule has 8 heteroatoms. The zero-order valence-electron chi connectivity index (χ0n) is 13.7. The molecule has 1 aromatic heterocycles. The Bertz CT molecular complexity index is 682. The zero-order valence-corrected chi connectivity index (χ0v) is 14.5. The maximum Gasteiger partial charge on any atom is 0.341 e. The Kier molecular flexibility index (Phi) is 5.06. The van der Waals surface area contributed by atoms with Crippen molar-refractivity contribution in [2.24, 2.45) is 0 Å². The summed E-state index contributed by atoms with van der Waals surface area (Å²) >= 11 is 1.42. The number of ether oxygens (including phenoxy) is 3. The van der Waals surface area contributed by atoms with E-state index in [0.717, 1.165) is 36.5 Å². The van der Waals surface area contributed by atoms with E-state index in [-0.39, 0.29) is 5.76 Å². The van der Waals surface area contributed by atoms with Crippen LogP contribution in [0.5, 0.6) is 0 Å². The third-order valence-electron chi connectivity index (χ3n) is 4.07. The number of esters is 1. The highest BCUT2D eigenvalue weighted by atomic mass is 32.1.